The number of carbonyl (C=O) groups is 2. The van der Waals surface area contributed by atoms with Gasteiger partial charge >= 0.3 is 0 Å². The molecule has 0 heterocycles. The van der Waals surface area contributed by atoms with Gasteiger partial charge in [0.05, 0.1) is 18.2 Å². The highest BCUT2D eigenvalue weighted by atomic mass is 19.1. The Morgan fingerprint density at radius 2 is 1.62 bits per heavy atom. The first-order chi connectivity index (χ1) is 11.4. The highest BCUT2D eigenvalue weighted by Gasteiger charge is 2.15. The van der Waals surface area contributed by atoms with Gasteiger partial charge in [-0.25, -0.2) is 13.2 Å². The van der Waals surface area contributed by atoms with E-state index in [9.17, 15) is 22.8 Å². The molecule has 2 rings (SSSR count). The van der Waals surface area contributed by atoms with Crippen molar-refractivity contribution in [3.8, 4) is 0 Å². The summed E-state index contributed by atoms with van der Waals surface area (Å²) in [5, 5.41) is 4.87. The molecule has 2 aromatic rings. The molecule has 1 unspecified atom stereocenters. The third kappa shape index (κ3) is 4.58. The fraction of sp³-hybridized carbons (Fsp3) is 0.176. The summed E-state index contributed by atoms with van der Waals surface area (Å²) in [5.41, 5.74) is 0.344. The quantitative estimate of drug-likeness (QED) is 0.882. The van der Waals surface area contributed by atoms with Gasteiger partial charge in [0.1, 0.15) is 17.5 Å². The zero-order valence-corrected chi connectivity index (χ0v) is 12.8. The summed E-state index contributed by atoms with van der Waals surface area (Å²) in [4.78, 5) is 23.6. The number of halogens is 3. The molecular formula is C17H15F3N2O2. The van der Waals surface area contributed by atoms with Crippen LogP contribution in [0, 0.1) is 17.5 Å². The fourth-order valence-corrected chi connectivity index (χ4v) is 2.06. The van der Waals surface area contributed by atoms with Crippen LogP contribution in [0.2, 0.25) is 0 Å². The van der Waals surface area contributed by atoms with E-state index in [1.807, 2.05) is 0 Å². The van der Waals surface area contributed by atoms with E-state index in [0.29, 0.717) is 11.6 Å². The second kappa shape index (κ2) is 7.63. The van der Waals surface area contributed by atoms with Crippen molar-refractivity contribution >= 4 is 11.8 Å². The van der Waals surface area contributed by atoms with E-state index in [1.54, 1.807) is 6.92 Å². The van der Waals surface area contributed by atoms with Crippen LogP contribution in [-0.2, 0) is 4.79 Å². The first kappa shape index (κ1) is 17.5. The Labute approximate surface area is 136 Å². The molecule has 7 heteroatoms. The number of benzene rings is 2. The van der Waals surface area contributed by atoms with Crippen LogP contribution in [0.15, 0.2) is 42.5 Å². The van der Waals surface area contributed by atoms with Gasteiger partial charge in [0, 0.05) is 6.07 Å². The van der Waals surface area contributed by atoms with Gasteiger partial charge in [0.15, 0.2) is 0 Å². The van der Waals surface area contributed by atoms with Gasteiger partial charge in [0.2, 0.25) is 5.91 Å². The standard InChI is InChI=1S/C17H15F3N2O2/c1-10(11-2-4-12(18)5-3-11)22-16(23)9-21-17(24)14-7-6-13(19)8-15(14)20/h2-8,10H,9H2,1H3,(H,21,24)(H,22,23). The lowest BCUT2D eigenvalue weighted by Gasteiger charge is -2.14. The number of hydrogen-bond acceptors (Lipinski definition) is 2. The predicted octanol–water partition coefficient (Wildman–Crippen LogP) is 2.71. The lowest BCUT2D eigenvalue weighted by atomic mass is 10.1. The van der Waals surface area contributed by atoms with Gasteiger partial charge in [-0.3, -0.25) is 9.59 Å². The molecule has 24 heavy (non-hydrogen) atoms. The average Bonchev–Trinajstić information content (AvgIpc) is 2.53. The maximum atomic E-state index is 13.5. The molecular weight excluding hydrogens is 321 g/mol. The van der Waals surface area contributed by atoms with Gasteiger partial charge in [-0.05, 0) is 36.8 Å². The first-order valence-corrected chi connectivity index (χ1v) is 7.15. The minimum absolute atomic E-state index is 0.351. The third-order valence-corrected chi connectivity index (χ3v) is 3.33. The van der Waals surface area contributed by atoms with Crippen molar-refractivity contribution in [2.24, 2.45) is 0 Å². The van der Waals surface area contributed by atoms with Crippen LogP contribution in [0.25, 0.3) is 0 Å². The van der Waals surface area contributed by atoms with Crippen molar-refractivity contribution in [2.75, 3.05) is 6.54 Å². The van der Waals surface area contributed by atoms with Crippen molar-refractivity contribution in [2.45, 2.75) is 13.0 Å². The third-order valence-electron chi connectivity index (χ3n) is 3.33. The lowest BCUT2D eigenvalue weighted by molar-refractivity contribution is -0.120. The first-order valence-electron chi connectivity index (χ1n) is 7.15. The second-order valence-electron chi connectivity index (χ2n) is 5.15. The van der Waals surface area contributed by atoms with Crippen molar-refractivity contribution in [1.82, 2.24) is 10.6 Å². The Kier molecular flexibility index (Phi) is 5.57. The van der Waals surface area contributed by atoms with E-state index in [0.717, 1.165) is 12.1 Å². The highest BCUT2D eigenvalue weighted by Crippen LogP contribution is 2.12. The highest BCUT2D eigenvalue weighted by molar-refractivity contribution is 5.96. The van der Waals surface area contributed by atoms with Crippen LogP contribution in [-0.4, -0.2) is 18.4 Å². The summed E-state index contributed by atoms with van der Waals surface area (Å²) in [5.74, 6) is -3.51. The van der Waals surface area contributed by atoms with E-state index in [1.165, 1.54) is 24.3 Å². The van der Waals surface area contributed by atoms with Crippen LogP contribution in [0.1, 0.15) is 28.9 Å². The SMILES string of the molecule is CC(NC(=O)CNC(=O)c1ccc(F)cc1F)c1ccc(F)cc1. The summed E-state index contributed by atoms with van der Waals surface area (Å²) in [7, 11) is 0. The van der Waals surface area contributed by atoms with E-state index >= 15 is 0 Å². The Balaban J connectivity index is 1.88. The minimum atomic E-state index is -1.01. The normalized spacial score (nSPS) is 11.7. The van der Waals surface area contributed by atoms with Crippen molar-refractivity contribution in [1.29, 1.82) is 0 Å². The minimum Gasteiger partial charge on any atom is -0.348 e. The molecule has 0 saturated heterocycles. The molecule has 0 aliphatic rings. The molecule has 0 aliphatic carbocycles. The van der Waals surface area contributed by atoms with Crippen LogP contribution in [0.3, 0.4) is 0 Å². The maximum absolute atomic E-state index is 13.5. The Morgan fingerprint density at radius 1 is 1.00 bits per heavy atom. The molecule has 2 N–H and O–H groups in total. The largest absolute Gasteiger partial charge is 0.348 e. The number of hydrogen-bond donors (Lipinski definition) is 2. The van der Waals surface area contributed by atoms with Crippen LogP contribution >= 0.6 is 0 Å². The van der Waals surface area contributed by atoms with Crippen molar-refractivity contribution < 1.29 is 22.8 Å². The fourth-order valence-electron chi connectivity index (χ4n) is 2.06. The molecule has 1 atom stereocenters. The topological polar surface area (TPSA) is 58.2 Å². The molecule has 4 nitrogen and oxygen atoms in total. The van der Waals surface area contributed by atoms with Gasteiger partial charge in [0.25, 0.3) is 5.91 Å². The number of carbonyl (C=O) groups excluding carboxylic acids is 2. The molecule has 0 saturated carbocycles. The monoisotopic (exact) mass is 336 g/mol. The zero-order valence-electron chi connectivity index (χ0n) is 12.8. The molecule has 126 valence electrons. The summed E-state index contributed by atoms with van der Waals surface area (Å²) < 4.78 is 39.1. The molecule has 0 spiro atoms. The summed E-state index contributed by atoms with van der Waals surface area (Å²) >= 11 is 0. The maximum Gasteiger partial charge on any atom is 0.254 e. The molecule has 0 aliphatic heterocycles. The Morgan fingerprint density at radius 3 is 2.25 bits per heavy atom. The molecule has 0 aromatic heterocycles. The van der Waals surface area contributed by atoms with Gasteiger partial charge in [-0.1, -0.05) is 12.1 Å². The van der Waals surface area contributed by atoms with Crippen molar-refractivity contribution in [3.63, 3.8) is 0 Å². The number of amides is 2. The van der Waals surface area contributed by atoms with Gasteiger partial charge in [-0.15, -0.1) is 0 Å². The zero-order chi connectivity index (χ0) is 17.7. The Hall–Kier alpha value is -2.83. The molecule has 0 fully saturated rings. The number of nitrogens with one attached hydrogen (secondary N) is 2. The van der Waals surface area contributed by atoms with E-state index in [-0.39, 0.29) is 17.9 Å². The predicted molar refractivity (Wildman–Crippen MR) is 81.6 cm³/mol. The molecule has 2 amide bonds. The van der Waals surface area contributed by atoms with Gasteiger partial charge in [-0.2, -0.15) is 0 Å². The second-order valence-corrected chi connectivity index (χ2v) is 5.15. The smallest absolute Gasteiger partial charge is 0.254 e. The van der Waals surface area contributed by atoms with Crippen LogP contribution in [0.5, 0.6) is 0 Å². The van der Waals surface area contributed by atoms with E-state index in [4.69, 9.17) is 0 Å². The van der Waals surface area contributed by atoms with Crippen LogP contribution in [0.4, 0.5) is 13.2 Å². The summed E-state index contributed by atoms with van der Waals surface area (Å²) in [6.45, 7) is 1.33. The van der Waals surface area contributed by atoms with E-state index < -0.39 is 29.5 Å². The van der Waals surface area contributed by atoms with E-state index in [2.05, 4.69) is 10.6 Å². The lowest BCUT2D eigenvalue weighted by Crippen LogP contribution is -2.38. The van der Waals surface area contributed by atoms with Crippen molar-refractivity contribution in [3.05, 3.63) is 71.0 Å². The summed E-state index contributed by atoms with van der Waals surface area (Å²) in [6, 6.07) is 7.77. The average molecular weight is 336 g/mol. The molecule has 0 radical (unpaired) electrons. The number of rotatable bonds is 5. The molecule has 0 bridgehead atoms. The van der Waals surface area contributed by atoms with Crippen LogP contribution < -0.4 is 10.6 Å². The van der Waals surface area contributed by atoms with Gasteiger partial charge < -0.3 is 10.6 Å². The summed E-state index contributed by atoms with van der Waals surface area (Å²) in [6.07, 6.45) is 0. The molecule has 2 aromatic carbocycles. The Bertz CT molecular complexity index is 748.